The fraction of sp³-hybridized carbons (Fsp3) is 0.316. The van der Waals surface area contributed by atoms with Crippen molar-refractivity contribution in [2.75, 3.05) is 0 Å². The normalized spacial score (nSPS) is 20.6. The molecular weight excluding hydrogens is 258 g/mol. The van der Waals surface area contributed by atoms with Crippen LogP contribution in [0.5, 0.6) is 0 Å². The number of carbonyl (C=O) groups is 1. The lowest BCUT2D eigenvalue weighted by Crippen LogP contribution is -2.31. The summed E-state index contributed by atoms with van der Waals surface area (Å²) in [5, 5.41) is 3.16. The number of hydrogen-bond donors (Lipinski definition) is 1. The summed E-state index contributed by atoms with van der Waals surface area (Å²) in [6, 6.07) is 19.3. The van der Waals surface area contributed by atoms with E-state index in [-0.39, 0.29) is 11.9 Å². The molecule has 21 heavy (non-hydrogen) atoms. The van der Waals surface area contributed by atoms with Crippen LogP contribution in [0.15, 0.2) is 54.6 Å². The molecule has 2 aromatic carbocycles. The molecule has 2 nitrogen and oxygen atoms in total. The summed E-state index contributed by atoms with van der Waals surface area (Å²) in [7, 11) is 0. The first-order valence-electron chi connectivity index (χ1n) is 7.72. The molecule has 2 aromatic rings. The van der Waals surface area contributed by atoms with E-state index in [1.54, 1.807) is 0 Å². The van der Waals surface area contributed by atoms with Crippen LogP contribution in [0.1, 0.15) is 54.8 Å². The standard InChI is InChI=1S/C19H21NO/c1-2-19(21)20-18-13-12-15(14-8-4-3-5-9-14)16-10-6-7-11-17(16)18/h3-11,15,18H,2,12-13H2,1H3,(H,20,21). The predicted octanol–water partition coefficient (Wildman–Crippen LogP) is 4.18. The molecule has 1 aliphatic carbocycles. The summed E-state index contributed by atoms with van der Waals surface area (Å²) in [5.41, 5.74) is 4.00. The average molecular weight is 279 g/mol. The lowest BCUT2D eigenvalue weighted by Gasteiger charge is -2.32. The summed E-state index contributed by atoms with van der Waals surface area (Å²) in [4.78, 5) is 11.7. The van der Waals surface area contributed by atoms with Crippen molar-refractivity contribution in [2.24, 2.45) is 0 Å². The Bertz CT molecular complexity index is 620. The third-order valence-corrected chi connectivity index (χ3v) is 4.35. The van der Waals surface area contributed by atoms with Crippen molar-refractivity contribution in [1.29, 1.82) is 0 Å². The molecule has 0 aromatic heterocycles. The first kappa shape index (κ1) is 13.9. The van der Waals surface area contributed by atoms with Gasteiger partial charge in [-0.1, -0.05) is 61.5 Å². The zero-order valence-electron chi connectivity index (χ0n) is 12.4. The van der Waals surface area contributed by atoms with Crippen LogP contribution in [-0.2, 0) is 4.79 Å². The van der Waals surface area contributed by atoms with Gasteiger partial charge in [0.15, 0.2) is 0 Å². The lowest BCUT2D eigenvalue weighted by molar-refractivity contribution is -0.121. The van der Waals surface area contributed by atoms with Crippen LogP contribution in [0.3, 0.4) is 0 Å². The SMILES string of the molecule is CCC(=O)NC1CCC(c2ccccc2)c2ccccc21. The Kier molecular flexibility index (Phi) is 4.05. The molecule has 0 saturated carbocycles. The second-order valence-corrected chi connectivity index (χ2v) is 5.64. The van der Waals surface area contributed by atoms with Crippen molar-refractivity contribution in [3.63, 3.8) is 0 Å². The number of amides is 1. The smallest absolute Gasteiger partial charge is 0.220 e. The first-order chi connectivity index (χ1) is 10.3. The molecule has 1 amide bonds. The van der Waals surface area contributed by atoms with E-state index in [9.17, 15) is 4.79 Å². The molecule has 0 aliphatic heterocycles. The molecule has 108 valence electrons. The van der Waals surface area contributed by atoms with Gasteiger partial charge in [-0.2, -0.15) is 0 Å². The van der Waals surface area contributed by atoms with Crippen molar-refractivity contribution < 1.29 is 4.79 Å². The van der Waals surface area contributed by atoms with E-state index in [0.29, 0.717) is 12.3 Å². The van der Waals surface area contributed by atoms with E-state index in [4.69, 9.17) is 0 Å². The molecule has 1 aliphatic rings. The molecule has 0 bridgehead atoms. The van der Waals surface area contributed by atoms with Crippen LogP contribution < -0.4 is 5.32 Å². The van der Waals surface area contributed by atoms with Gasteiger partial charge < -0.3 is 5.32 Å². The van der Waals surface area contributed by atoms with Gasteiger partial charge in [0.2, 0.25) is 5.91 Å². The highest BCUT2D eigenvalue weighted by atomic mass is 16.1. The number of carbonyl (C=O) groups excluding carboxylic acids is 1. The molecule has 0 spiro atoms. The molecule has 0 heterocycles. The molecule has 0 saturated heterocycles. The fourth-order valence-electron chi connectivity index (χ4n) is 3.27. The maximum Gasteiger partial charge on any atom is 0.220 e. The van der Waals surface area contributed by atoms with E-state index in [0.717, 1.165) is 12.8 Å². The number of nitrogens with one attached hydrogen (secondary N) is 1. The minimum atomic E-state index is 0.132. The van der Waals surface area contributed by atoms with Gasteiger partial charge in [0.1, 0.15) is 0 Å². The Morgan fingerprint density at radius 2 is 1.67 bits per heavy atom. The van der Waals surface area contributed by atoms with Crippen molar-refractivity contribution in [1.82, 2.24) is 5.32 Å². The Hall–Kier alpha value is -2.09. The number of rotatable bonds is 3. The largest absolute Gasteiger partial charge is 0.349 e. The van der Waals surface area contributed by atoms with Crippen LogP contribution in [-0.4, -0.2) is 5.91 Å². The zero-order valence-corrected chi connectivity index (χ0v) is 12.4. The number of benzene rings is 2. The van der Waals surface area contributed by atoms with Crippen LogP contribution in [0.25, 0.3) is 0 Å². The molecular formula is C19H21NO. The Labute approximate surface area is 126 Å². The van der Waals surface area contributed by atoms with Crippen molar-refractivity contribution in [3.8, 4) is 0 Å². The zero-order chi connectivity index (χ0) is 14.7. The topological polar surface area (TPSA) is 29.1 Å². The summed E-state index contributed by atoms with van der Waals surface area (Å²) in [6.07, 6.45) is 2.62. The Morgan fingerprint density at radius 1 is 1.00 bits per heavy atom. The van der Waals surface area contributed by atoms with Crippen LogP contribution in [0.4, 0.5) is 0 Å². The molecule has 1 N–H and O–H groups in total. The highest BCUT2D eigenvalue weighted by molar-refractivity contribution is 5.76. The predicted molar refractivity (Wildman–Crippen MR) is 85.1 cm³/mol. The van der Waals surface area contributed by atoms with Gasteiger partial charge in [-0.3, -0.25) is 4.79 Å². The van der Waals surface area contributed by atoms with E-state index in [1.807, 2.05) is 6.92 Å². The van der Waals surface area contributed by atoms with Gasteiger partial charge in [0.25, 0.3) is 0 Å². The highest BCUT2D eigenvalue weighted by Gasteiger charge is 2.28. The number of hydrogen-bond acceptors (Lipinski definition) is 1. The summed E-state index contributed by atoms with van der Waals surface area (Å²) in [6.45, 7) is 1.90. The second kappa shape index (κ2) is 6.13. The van der Waals surface area contributed by atoms with Gasteiger partial charge >= 0.3 is 0 Å². The summed E-state index contributed by atoms with van der Waals surface area (Å²) < 4.78 is 0. The van der Waals surface area contributed by atoms with Crippen LogP contribution in [0, 0.1) is 0 Å². The van der Waals surface area contributed by atoms with E-state index in [1.165, 1.54) is 16.7 Å². The third kappa shape index (κ3) is 2.85. The fourth-order valence-corrected chi connectivity index (χ4v) is 3.27. The van der Waals surface area contributed by atoms with Gasteiger partial charge in [-0.05, 0) is 29.5 Å². The van der Waals surface area contributed by atoms with Gasteiger partial charge in [0, 0.05) is 12.3 Å². The molecule has 0 fully saturated rings. The van der Waals surface area contributed by atoms with Crippen molar-refractivity contribution >= 4 is 5.91 Å². The van der Waals surface area contributed by atoms with Gasteiger partial charge in [-0.25, -0.2) is 0 Å². The molecule has 2 atom stereocenters. The highest BCUT2D eigenvalue weighted by Crippen LogP contribution is 2.40. The third-order valence-electron chi connectivity index (χ3n) is 4.35. The molecule has 3 rings (SSSR count). The number of fused-ring (bicyclic) bond motifs is 1. The molecule has 0 radical (unpaired) electrons. The van der Waals surface area contributed by atoms with Crippen LogP contribution in [0.2, 0.25) is 0 Å². The maximum absolute atomic E-state index is 11.7. The van der Waals surface area contributed by atoms with Gasteiger partial charge in [0.05, 0.1) is 6.04 Å². The molecule has 2 heteroatoms. The first-order valence-corrected chi connectivity index (χ1v) is 7.72. The van der Waals surface area contributed by atoms with E-state index in [2.05, 4.69) is 59.9 Å². The van der Waals surface area contributed by atoms with Crippen molar-refractivity contribution in [2.45, 2.75) is 38.1 Å². The Balaban J connectivity index is 1.94. The van der Waals surface area contributed by atoms with E-state index < -0.39 is 0 Å². The summed E-state index contributed by atoms with van der Waals surface area (Å²) >= 11 is 0. The lowest BCUT2D eigenvalue weighted by atomic mass is 9.77. The van der Waals surface area contributed by atoms with Gasteiger partial charge in [-0.15, -0.1) is 0 Å². The second-order valence-electron chi connectivity index (χ2n) is 5.64. The minimum Gasteiger partial charge on any atom is -0.349 e. The van der Waals surface area contributed by atoms with Crippen molar-refractivity contribution in [3.05, 3.63) is 71.3 Å². The summed E-state index contributed by atoms with van der Waals surface area (Å²) in [5.74, 6) is 0.574. The van der Waals surface area contributed by atoms with Crippen LogP contribution >= 0.6 is 0 Å². The minimum absolute atomic E-state index is 0.132. The Morgan fingerprint density at radius 3 is 2.38 bits per heavy atom. The van der Waals surface area contributed by atoms with E-state index >= 15 is 0 Å². The maximum atomic E-state index is 11.7. The molecule has 2 unspecified atom stereocenters. The average Bonchev–Trinajstić information content (AvgIpc) is 2.56. The quantitative estimate of drug-likeness (QED) is 0.897. The monoisotopic (exact) mass is 279 g/mol.